The first kappa shape index (κ1) is 11.2. The lowest BCUT2D eigenvalue weighted by Crippen LogP contribution is -1.74. The van der Waals surface area contributed by atoms with E-state index >= 15 is 0 Å². The number of rotatable bonds is 0. The lowest BCUT2D eigenvalue weighted by molar-refractivity contribution is 0.666. The Hall–Kier alpha value is -0.890. The number of benzene rings is 2. The van der Waals surface area contributed by atoms with Crippen LogP contribution in [-0.2, 0) is 0 Å². The summed E-state index contributed by atoms with van der Waals surface area (Å²) in [5.74, 6) is 0. The highest BCUT2D eigenvalue weighted by Gasteiger charge is 2.13. The van der Waals surface area contributed by atoms with Crippen LogP contribution in [0.3, 0.4) is 0 Å². The maximum absolute atomic E-state index is 6.11. The zero-order chi connectivity index (χ0) is 12.2. The van der Waals surface area contributed by atoms with E-state index in [0.29, 0.717) is 20.7 Å². The first-order valence-electron chi connectivity index (χ1n) is 5.03. The van der Waals surface area contributed by atoms with Crippen molar-refractivity contribution in [2.75, 3.05) is 0 Å². The fraction of sp³-hybridized carbons (Fsp3) is 0.0769. The minimum absolute atomic E-state index is 0.513. The molecule has 17 heavy (non-hydrogen) atoms. The van der Waals surface area contributed by atoms with Gasteiger partial charge in [0.1, 0.15) is 5.58 Å². The lowest BCUT2D eigenvalue weighted by Gasteiger charge is -1.96. The summed E-state index contributed by atoms with van der Waals surface area (Å²) in [4.78, 5) is 0. The fourth-order valence-electron chi connectivity index (χ4n) is 2.03. The highest BCUT2D eigenvalue weighted by atomic mass is 35.5. The number of hydrogen-bond acceptors (Lipinski definition) is 1. The van der Waals surface area contributed by atoms with Crippen LogP contribution in [0.4, 0.5) is 0 Å². The van der Waals surface area contributed by atoms with E-state index in [4.69, 9.17) is 39.2 Å². The van der Waals surface area contributed by atoms with Crippen LogP contribution in [-0.4, -0.2) is 0 Å². The van der Waals surface area contributed by atoms with E-state index < -0.39 is 0 Å². The largest absolute Gasteiger partial charge is 0.454 e. The summed E-state index contributed by atoms with van der Waals surface area (Å²) >= 11 is 18.2. The van der Waals surface area contributed by atoms with E-state index in [1.165, 1.54) is 0 Å². The van der Waals surface area contributed by atoms with Crippen molar-refractivity contribution in [3.63, 3.8) is 0 Å². The smallest absolute Gasteiger partial charge is 0.154 e. The second kappa shape index (κ2) is 3.81. The van der Waals surface area contributed by atoms with E-state index in [0.717, 1.165) is 21.9 Å². The molecule has 0 unspecified atom stereocenters. The van der Waals surface area contributed by atoms with Crippen LogP contribution < -0.4 is 0 Å². The Morgan fingerprint density at radius 3 is 2.12 bits per heavy atom. The number of halogens is 3. The molecule has 86 valence electrons. The summed E-state index contributed by atoms with van der Waals surface area (Å²) in [6.45, 7) is 1.95. The number of aryl methyl sites for hydroxylation is 1. The van der Waals surface area contributed by atoms with Crippen LogP contribution in [0.15, 0.2) is 28.7 Å². The molecule has 0 radical (unpaired) electrons. The average Bonchev–Trinajstić information content (AvgIpc) is 2.58. The van der Waals surface area contributed by atoms with Gasteiger partial charge in [0.15, 0.2) is 5.58 Å². The van der Waals surface area contributed by atoms with Gasteiger partial charge in [-0.1, -0.05) is 34.8 Å². The Morgan fingerprint density at radius 2 is 1.41 bits per heavy atom. The molecule has 0 spiro atoms. The normalized spacial score (nSPS) is 11.5. The maximum atomic E-state index is 6.11. The summed E-state index contributed by atoms with van der Waals surface area (Å²) < 4.78 is 5.77. The Balaban J connectivity index is 2.60. The molecule has 4 heteroatoms. The molecule has 3 rings (SSSR count). The SMILES string of the molecule is Cc1cc(Cl)cc2c1oc1c(Cl)cc(Cl)cc12. The monoisotopic (exact) mass is 284 g/mol. The average molecular weight is 286 g/mol. The second-order valence-corrected chi connectivity index (χ2v) is 5.25. The summed E-state index contributed by atoms with van der Waals surface area (Å²) in [5, 5.41) is 3.60. The topological polar surface area (TPSA) is 13.1 Å². The molecular weight excluding hydrogens is 279 g/mol. The van der Waals surface area contributed by atoms with Crippen LogP contribution in [0.2, 0.25) is 15.1 Å². The maximum Gasteiger partial charge on any atom is 0.154 e. The molecule has 0 atom stereocenters. The third kappa shape index (κ3) is 1.70. The summed E-state index contributed by atoms with van der Waals surface area (Å²) in [6.07, 6.45) is 0. The fourth-order valence-corrected chi connectivity index (χ4v) is 2.84. The molecule has 0 saturated carbocycles. The van der Waals surface area contributed by atoms with Crippen LogP contribution in [0.5, 0.6) is 0 Å². The zero-order valence-corrected chi connectivity index (χ0v) is 11.1. The Morgan fingerprint density at radius 1 is 0.824 bits per heavy atom. The van der Waals surface area contributed by atoms with Gasteiger partial charge in [0.05, 0.1) is 5.02 Å². The van der Waals surface area contributed by atoms with E-state index in [-0.39, 0.29) is 0 Å². The van der Waals surface area contributed by atoms with E-state index in [1.54, 1.807) is 6.07 Å². The van der Waals surface area contributed by atoms with Gasteiger partial charge in [0.25, 0.3) is 0 Å². The van der Waals surface area contributed by atoms with Crippen LogP contribution in [0.1, 0.15) is 5.56 Å². The molecule has 0 fully saturated rings. The summed E-state index contributed by atoms with van der Waals surface area (Å²) in [6, 6.07) is 7.24. The highest BCUT2D eigenvalue weighted by molar-refractivity contribution is 6.39. The molecule has 3 aromatic rings. The van der Waals surface area contributed by atoms with E-state index in [1.807, 2.05) is 25.1 Å². The molecule has 0 aliphatic carbocycles. The van der Waals surface area contributed by atoms with Crippen molar-refractivity contribution in [3.05, 3.63) is 44.9 Å². The first-order valence-corrected chi connectivity index (χ1v) is 6.17. The molecule has 0 bridgehead atoms. The minimum Gasteiger partial charge on any atom is -0.454 e. The number of furan rings is 1. The number of hydrogen-bond donors (Lipinski definition) is 0. The molecule has 0 aliphatic heterocycles. The molecule has 1 nitrogen and oxygen atoms in total. The second-order valence-electron chi connectivity index (χ2n) is 3.97. The van der Waals surface area contributed by atoms with Crippen molar-refractivity contribution >= 4 is 56.7 Å². The van der Waals surface area contributed by atoms with Crippen LogP contribution in [0.25, 0.3) is 21.9 Å². The van der Waals surface area contributed by atoms with E-state index in [2.05, 4.69) is 0 Å². The highest BCUT2D eigenvalue weighted by Crippen LogP contribution is 2.38. The molecule has 1 aromatic heterocycles. The predicted molar refractivity (Wildman–Crippen MR) is 73.5 cm³/mol. The Kier molecular flexibility index (Phi) is 2.51. The van der Waals surface area contributed by atoms with Gasteiger partial charge in [-0.3, -0.25) is 0 Å². The molecule has 2 aromatic carbocycles. The third-order valence-electron chi connectivity index (χ3n) is 2.74. The van der Waals surface area contributed by atoms with Crippen molar-refractivity contribution < 1.29 is 4.42 Å². The van der Waals surface area contributed by atoms with Gasteiger partial charge in [0, 0.05) is 20.8 Å². The van der Waals surface area contributed by atoms with Gasteiger partial charge >= 0.3 is 0 Å². The van der Waals surface area contributed by atoms with E-state index in [9.17, 15) is 0 Å². The first-order chi connectivity index (χ1) is 8.06. The van der Waals surface area contributed by atoms with Gasteiger partial charge in [-0.05, 0) is 36.8 Å². The van der Waals surface area contributed by atoms with Gasteiger partial charge in [-0.2, -0.15) is 0 Å². The zero-order valence-electron chi connectivity index (χ0n) is 8.85. The van der Waals surface area contributed by atoms with Gasteiger partial charge in [-0.15, -0.1) is 0 Å². The van der Waals surface area contributed by atoms with Crippen molar-refractivity contribution in [1.82, 2.24) is 0 Å². The molecule has 0 saturated heterocycles. The predicted octanol–water partition coefficient (Wildman–Crippen LogP) is 5.85. The number of fused-ring (bicyclic) bond motifs is 3. The van der Waals surface area contributed by atoms with Crippen LogP contribution in [0, 0.1) is 6.92 Å². The lowest BCUT2D eigenvalue weighted by atomic mass is 10.1. The van der Waals surface area contributed by atoms with Gasteiger partial charge in [-0.25, -0.2) is 0 Å². The quantitative estimate of drug-likeness (QED) is 0.504. The van der Waals surface area contributed by atoms with Crippen LogP contribution >= 0.6 is 34.8 Å². The molecular formula is C13H7Cl3O. The molecule has 0 N–H and O–H groups in total. The van der Waals surface area contributed by atoms with Crippen molar-refractivity contribution in [3.8, 4) is 0 Å². The molecule has 0 amide bonds. The molecule has 1 heterocycles. The molecule has 0 aliphatic rings. The van der Waals surface area contributed by atoms with Gasteiger partial charge in [0.2, 0.25) is 0 Å². The van der Waals surface area contributed by atoms with Crippen molar-refractivity contribution in [1.29, 1.82) is 0 Å². The third-order valence-corrected chi connectivity index (χ3v) is 3.46. The standard InChI is InChI=1S/C13H7Cl3O/c1-6-2-7(14)3-9-10-4-8(15)5-11(16)13(10)17-12(6)9/h2-5H,1H3. The summed E-state index contributed by atoms with van der Waals surface area (Å²) in [7, 11) is 0. The Bertz CT molecular complexity index is 681. The minimum atomic E-state index is 0.513. The van der Waals surface area contributed by atoms with Crippen molar-refractivity contribution in [2.45, 2.75) is 6.92 Å². The summed E-state index contributed by atoms with van der Waals surface area (Å²) in [5.41, 5.74) is 2.43. The van der Waals surface area contributed by atoms with Gasteiger partial charge < -0.3 is 4.42 Å². The Labute approximate surface area is 113 Å². The van der Waals surface area contributed by atoms with Crippen molar-refractivity contribution in [2.24, 2.45) is 0 Å².